The van der Waals surface area contributed by atoms with Crippen LogP contribution in [0.25, 0.3) is 0 Å². The molecule has 1 fully saturated rings. The van der Waals surface area contributed by atoms with Gasteiger partial charge in [0.15, 0.2) is 9.84 Å². The number of sulfone groups is 1. The van der Waals surface area contributed by atoms with Gasteiger partial charge in [-0.2, -0.15) is 8.78 Å². The fourth-order valence-corrected chi connectivity index (χ4v) is 3.59. The molecule has 134 valence electrons. The standard InChI is InChI=1S/C15H20F2N2O4S/c1-10-3-4-13(23-14(16)17)11(7-10)8-18-15(20)19-6-5-12(9-19)24(2,21)22/h3-4,7,12,14H,5-6,8-9H2,1-2H3,(H,18,20). The van der Waals surface area contributed by atoms with Crippen LogP contribution in [0.2, 0.25) is 0 Å². The molecule has 0 radical (unpaired) electrons. The van der Waals surface area contributed by atoms with Crippen molar-refractivity contribution in [1.29, 1.82) is 0 Å². The molecule has 1 aromatic rings. The maximum absolute atomic E-state index is 12.4. The largest absolute Gasteiger partial charge is 0.434 e. The number of hydrogen-bond donors (Lipinski definition) is 1. The summed E-state index contributed by atoms with van der Waals surface area (Å²) < 4.78 is 52.3. The summed E-state index contributed by atoms with van der Waals surface area (Å²) in [5.74, 6) is 0.00587. The number of likely N-dealkylation sites (tertiary alicyclic amines) is 1. The van der Waals surface area contributed by atoms with Crippen LogP contribution < -0.4 is 10.1 Å². The van der Waals surface area contributed by atoms with Gasteiger partial charge in [-0.25, -0.2) is 13.2 Å². The van der Waals surface area contributed by atoms with Crippen LogP contribution in [0.5, 0.6) is 5.75 Å². The van der Waals surface area contributed by atoms with E-state index >= 15 is 0 Å². The van der Waals surface area contributed by atoms with Crippen molar-refractivity contribution in [3.63, 3.8) is 0 Å². The lowest BCUT2D eigenvalue weighted by atomic mass is 10.1. The molecule has 6 nitrogen and oxygen atoms in total. The second kappa shape index (κ2) is 7.33. The zero-order valence-electron chi connectivity index (χ0n) is 13.5. The Hall–Kier alpha value is -1.90. The topological polar surface area (TPSA) is 75.7 Å². The molecular formula is C15H20F2N2O4S. The number of urea groups is 1. The molecule has 1 aliphatic rings. The molecule has 24 heavy (non-hydrogen) atoms. The Labute approximate surface area is 139 Å². The number of amides is 2. The van der Waals surface area contributed by atoms with Crippen LogP contribution in [-0.2, 0) is 16.4 Å². The molecule has 0 saturated carbocycles. The Morgan fingerprint density at radius 3 is 2.75 bits per heavy atom. The number of benzene rings is 1. The summed E-state index contributed by atoms with van der Waals surface area (Å²) in [6.07, 6.45) is 1.55. The van der Waals surface area contributed by atoms with Gasteiger partial charge in [0, 0.05) is 31.5 Å². The minimum absolute atomic E-state index is 0.00587. The third kappa shape index (κ3) is 4.80. The summed E-state index contributed by atoms with van der Waals surface area (Å²) in [5, 5.41) is 2.07. The molecule has 1 aromatic carbocycles. The van der Waals surface area contributed by atoms with E-state index in [0.29, 0.717) is 18.5 Å². The van der Waals surface area contributed by atoms with E-state index in [1.165, 1.54) is 11.0 Å². The normalized spacial score (nSPS) is 18.0. The van der Waals surface area contributed by atoms with Crippen LogP contribution in [0.3, 0.4) is 0 Å². The summed E-state index contributed by atoms with van der Waals surface area (Å²) in [5.41, 5.74) is 1.28. The van der Waals surface area contributed by atoms with Gasteiger partial charge in [0.25, 0.3) is 0 Å². The lowest BCUT2D eigenvalue weighted by molar-refractivity contribution is -0.0504. The van der Waals surface area contributed by atoms with Crippen molar-refractivity contribution in [2.75, 3.05) is 19.3 Å². The average Bonchev–Trinajstić information content (AvgIpc) is 2.96. The van der Waals surface area contributed by atoms with Crippen molar-refractivity contribution in [2.24, 2.45) is 0 Å². The van der Waals surface area contributed by atoms with Crippen molar-refractivity contribution < 1.29 is 26.7 Å². The SMILES string of the molecule is Cc1ccc(OC(F)F)c(CNC(=O)N2CCC(S(C)(=O)=O)C2)c1. The number of carbonyl (C=O) groups is 1. The third-order valence-corrected chi connectivity index (χ3v) is 5.50. The smallest absolute Gasteiger partial charge is 0.387 e. The minimum Gasteiger partial charge on any atom is -0.434 e. The first-order valence-corrected chi connectivity index (χ1v) is 9.38. The van der Waals surface area contributed by atoms with E-state index < -0.39 is 27.7 Å². The van der Waals surface area contributed by atoms with Crippen molar-refractivity contribution in [3.8, 4) is 5.75 Å². The third-order valence-electron chi connectivity index (χ3n) is 3.90. The molecule has 0 spiro atoms. The zero-order chi connectivity index (χ0) is 17.9. The molecular weight excluding hydrogens is 342 g/mol. The molecule has 1 aliphatic heterocycles. The Kier molecular flexibility index (Phi) is 5.63. The predicted molar refractivity (Wildman–Crippen MR) is 84.9 cm³/mol. The van der Waals surface area contributed by atoms with Gasteiger partial charge in [-0.15, -0.1) is 0 Å². The van der Waals surface area contributed by atoms with Gasteiger partial charge in [-0.3, -0.25) is 0 Å². The van der Waals surface area contributed by atoms with E-state index in [1.807, 2.05) is 0 Å². The van der Waals surface area contributed by atoms with E-state index in [-0.39, 0.29) is 18.8 Å². The summed E-state index contributed by atoms with van der Waals surface area (Å²) in [4.78, 5) is 13.6. The van der Waals surface area contributed by atoms with Crippen molar-refractivity contribution in [3.05, 3.63) is 29.3 Å². The Morgan fingerprint density at radius 1 is 1.46 bits per heavy atom. The quantitative estimate of drug-likeness (QED) is 0.868. The molecule has 1 N–H and O–H groups in total. The van der Waals surface area contributed by atoms with Crippen molar-refractivity contribution >= 4 is 15.9 Å². The van der Waals surface area contributed by atoms with Crippen LogP contribution in [0.1, 0.15) is 17.5 Å². The fourth-order valence-electron chi connectivity index (χ4n) is 2.60. The zero-order valence-corrected chi connectivity index (χ0v) is 14.3. The van der Waals surface area contributed by atoms with Gasteiger partial charge in [-0.1, -0.05) is 17.7 Å². The second-order valence-electron chi connectivity index (χ2n) is 5.83. The van der Waals surface area contributed by atoms with Crippen molar-refractivity contribution in [1.82, 2.24) is 10.2 Å². The van der Waals surface area contributed by atoms with Crippen LogP contribution >= 0.6 is 0 Å². The molecule has 0 aliphatic carbocycles. The van der Waals surface area contributed by atoms with Crippen LogP contribution in [0.15, 0.2) is 18.2 Å². The number of nitrogens with one attached hydrogen (secondary N) is 1. The molecule has 9 heteroatoms. The number of rotatable bonds is 5. The molecule has 0 aromatic heterocycles. The predicted octanol–water partition coefficient (Wildman–Crippen LogP) is 1.92. The van der Waals surface area contributed by atoms with Gasteiger partial charge in [0.1, 0.15) is 5.75 Å². The highest BCUT2D eigenvalue weighted by Crippen LogP contribution is 2.22. The molecule has 1 saturated heterocycles. The fraction of sp³-hybridized carbons (Fsp3) is 0.533. The molecule has 2 amide bonds. The molecule has 1 unspecified atom stereocenters. The molecule has 2 rings (SSSR count). The summed E-state index contributed by atoms with van der Waals surface area (Å²) in [6.45, 7) is -0.648. The number of halogens is 2. The van der Waals surface area contributed by atoms with E-state index in [4.69, 9.17) is 0 Å². The lowest BCUT2D eigenvalue weighted by Crippen LogP contribution is -2.39. The van der Waals surface area contributed by atoms with Gasteiger partial charge in [-0.05, 0) is 19.4 Å². The second-order valence-corrected chi connectivity index (χ2v) is 8.16. The van der Waals surface area contributed by atoms with E-state index in [9.17, 15) is 22.0 Å². The maximum atomic E-state index is 12.4. The molecule has 0 bridgehead atoms. The average molecular weight is 362 g/mol. The highest BCUT2D eigenvalue weighted by Gasteiger charge is 2.32. The summed E-state index contributed by atoms with van der Waals surface area (Å²) in [6, 6.07) is 4.30. The lowest BCUT2D eigenvalue weighted by Gasteiger charge is -2.18. The van der Waals surface area contributed by atoms with E-state index in [1.54, 1.807) is 19.1 Å². The Balaban J connectivity index is 1.98. The first kappa shape index (κ1) is 18.4. The number of hydrogen-bond acceptors (Lipinski definition) is 4. The van der Waals surface area contributed by atoms with E-state index in [0.717, 1.165) is 11.8 Å². The van der Waals surface area contributed by atoms with E-state index in [2.05, 4.69) is 10.1 Å². The van der Waals surface area contributed by atoms with Crippen LogP contribution in [0.4, 0.5) is 13.6 Å². The van der Waals surface area contributed by atoms with Crippen LogP contribution in [-0.4, -0.2) is 50.6 Å². The minimum atomic E-state index is -3.19. The Bertz CT molecular complexity index is 709. The monoisotopic (exact) mass is 362 g/mol. The molecule has 1 atom stereocenters. The summed E-state index contributed by atoms with van der Waals surface area (Å²) in [7, 11) is -3.19. The number of nitrogens with zero attached hydrogens (tertiary/aromatic N) is 1. The number of ether oxygens (including phenoxy) is 1. The van der Waals surface area contributed by atoms with Gasteiger partial charge < -0.3 is 15.0 Å². The first-order valence-electron chi connectivity index (χ1n) is 7.43. The number of alkyl halides is 2. The maximum Gasteiger partial charge on any atom is 0.387 e. The first-order chi connectivity index (χ1) is 11.2. The van der Waals surface area contributed by atoms with Gasteiger partial charge in [0.05, 0.1) is 5.25 Å². The number of aryl methyl sites for hydroxylation is 1. The van der Waals surface area contributed by atoms with Gasteiger partial charge in [0.2, 0.25) is 0 Å². The highest BCUT2D eigenvalue weighted by molar-refractivity contribution is 7.91. The molecule has 1 heterocycles. The van der Waals surface area contributed by atoms with Crippen molar-refractivity contribution in [2.45, 2.75) is 31.8 Å². The number of carbonyl (C=O) groups excluding carboxylic acids is 1. The van der Waals surface area contributed by atoms with Gasteiger partial charge >= 0.3 is 12.6 Å². The highest BCUT2D eigenvalue weighted by atomic mass is 32.2. The Morgan fingerprint density at radius 2 is 2.17 bits per heavy atom. The van der Waals surface area contributed by atoms with Crippen LogP contribution in [0, 0.1) is 6.92 Å². The summed E-state index contributed by atoms with van der Waals surface area (Å²) >= 11 is 0.